The number of nitrogens with zero attached hydrogens (tertiary/aromatic N) is 1. The topological polar surface area (TPSA) is 3.24 Å². The molecule has 0 saturated heterocycles. The second-order valence-electron chi connectivity index (χ2n) is 13.8. The lowest BCUT2D eigenvalue weighted by Gasteiger charge is -2.34. The van der Waals surface area contributed by atoms with Gasteiger partial charge in [0.2, 0.25) is 0 Å². The van der Waals surface area contributed by atoms with E-state index in [4.69, 9.17) is 0 Å². The molecule has 0 amide bonds. The van der Waals surface area contributed by atoms with Gasteiger partial charge in [0.05, 0.1) is 5.41 Å². The second kappa shape index (κ2) is 11.9. The van der Waals surface area contributed by atoms with Gasteiger partial charge >= 0.3 is 0 Å². The Bertz CT molecular complexity index is 2130. The predicted octanol–water partition coefficient (Wildman–Crippen LogP) is 12.5. The molecule has 232 valence electrons. The quantitative estimate of drug-likeness (QED) is 0.179. The molecule has 0 saturated carbocycles. The van der Waals surface area contributed by atoms with Gasteiger partial charge in [0.15, 0.2) is 0 Å². The van der Waals surface area contributed by atoms with Crippen LogP contribution in [0.5, 0.6) is 0 Å². The molecule has 1 aliphatic carbocycles. The lowest BCUT2D eigenvalue weighted by Crippen LogP contribution is -2.28. The highest BCUT2D eigenvalue weighted by Gasteiger charge is 2.45. The molecular formula is C47H39N. The summed E-state index contributed by atoms with van der Waals surface area (Å²) < 4.78 is 0. The number of benzene rings is 7. The van der Waals surface area contributed by atoms with E-state index in [0.717, 1.165) is 17.1 Å². The summed E-state index contributed by atoms with van der Waals surface area (Å²) in [6.45, 7) is 6.78. The average molecular weight is 618 g/mol. The van der Waals surface area contributed by atoms with Crippen LogP contribution in [-0.2, 0) is 10.8 Å². The summed E-state index contributed by atoms with van der Waals surface area (Å²) in [5, 5.41) is 0. The predicted molar refractivity (Wildman–Crippen MR) is 203 cm³/mol. The van der Waals surface area contributed by atoms with Gasteiger partial charge in [0, 0.05) is 17.1 Å². The molecule has 0 unspecified atom stereocenters. The summed E-state index contributed by atoms with van der Waals surface area (Å²) in [6.07, 6.45) is 0. The average Bonchev–Trinajstić information content (AvgIpc) is 3.44. The number of rotatable bonds is 6. The molecule has 0 heterocycles. The Labute approximate surface area is 284 Å². The van der Waals surface area contributed by atoms with Crippen LogP contribution in [0, 0.1) is 0 Å². The van der Waals surface area contributed by atoms with Gasteiger partial charge in [0.1, 0.15) is 0 Å². The first kappa shape index (κ1) is 29.7. The third kappa shape index (κ3) is 4.95. The summed E-state index contributed by atoms with van der Waals surface area (Å²) >= 11 is 0. The molecule has 7 aromatic carbocycles. The minimum Gasteiger partial charge on any atom is -0.311 e. The normalized spacial score (nSPS) is 13.1. The molecule has 0 atom stereocenters. The van der Waals surface area contributed by atoms with E-state index < -0.39 is 5.41 Å². The van der Waals surface area contributed by atoms with Crippen molar-refractivity contribution in [3.8, 4) is 22.3 Å². The van der Waals surface area contributed by atoms with Crippen LogP contribution in [0.2, 0.25) is 0 Å². The Morgan fingerprint density at radius 2 is 0.771 bits per heavy atom. The Morgan fingerprint density at radius 3 is 1.29 bits per heavy atom. The summed E-state index contributed by atoms with van der Waals surface area (Å²) in [5.74, 6) is 0. The number of hydrogen-bond donors (Lipinski definition) is 0. The SMILES string of the molecule is CC(C)(C)c1ccc(-c2ccc(N(c3ccccc3)c3ccc(C4(c5ccccc5)c5ccccc5-c5ccccc54)cc3)cc2)cc1. The van der Waals surface area contributed by atoms with Gasteiger partial charge in [-0.1, -0.05) is 166 Å². The van der Waals surface area contributed by atoms with Crippen LogP contribution < -0.4 is 4.90 Å². The molecule has 1 aliphatic rings. The van der Waals surface area contributed by atoms with Gasteiger partial charge in [-0.2, -0.15) is 0 Å². The fraction of sp³-hybridized carbons (Fsp3) is 0.106. The van der Waals surface area contributed by atoms with Crippen LogP contribution in [0.1, 0.15) is 48.6 Å². The van der Waals surface area contributed by atoms with Crippen LogP contribution in [0.3, 0.4) is 0 Å². The maximum Gasteiger partial charge on any atom is 0.0713 e. The van der Waals surface area contributed by atoms with Gasteiger partial charge in [-0.3, -0.25) is 0 Å². The minimum absolute atomic E-state index is 0.138. The van der Waals surface area contributed by atoms with E-state index in [1.807, 2.05) is 0 Å². The third-order valence-corrected chi connectivity index (χ3v) is 9.94. The Hall–Kier alpha value is -5.66. The maximum absolute atomic E-state index is 2.35. The second-order valence-corrected chi connectivity index (χ2v) is 13.8. The molecule has 0 N–H and O–H groups in total. The molecule has 48 heavy (non-hydrogen) atoms. The van der Waals surface area contributed by atoms with Gasteiger partial charge < -0.3 is 4.90 Å². The van der Waals surface area contributed by atoms with E-state index >= 15 is 0 Å². The number of fused-ring (bicyclic) bond motifs is 3. The summed E-state index contributed by atoms with van der Waals surface area (Å²) in [6, 6.07) is 66.7. The molecule has 0 spiro atoms. The number of anilines is 3. The lowest BCUT2D eigenvalue weighted by atomic mass is 9.68. The maximum atomic E-state index is 2.35. The Kier molecular flexibility index (Phi) is 7.34. The molecular weight excluding hydrogens is 579 g/mol. The van der Waals surface area contributed by atoms with Crippen LogP contribution >= 0.6 is 0 Å². The lowest BCUT2D eigenvalue weighted by molar-refractivity contribution is 0.590. The third-order valence-electron chi connectivity index (χ3n) is 9.94. The van der Waals surface area contributed by atoms with E-state index in [1.165, 1.54) is 50.1 Å². The zero-order chi connectivity index (χ0) is 32.7. The summed E-state index contributed by atoms with van der Waals surface area (Å²) in [4.78, 5) is 2.35. The Balaban J connectivity index is 1.22. The van der Waals surface area contributed by atoms with E-state index in [1.54, 1.807) is 0 Å². The molecule has 1 nitrogen and oxygen atoms in total. The van der Waals surface area contributed by atoms with E-state index in [9.17, 15) is 0 Å². The zero-order valence-corrected chi connectivity index (χ0v) is 27.8. The first-order valence-corrected chi connectivity index (χ1v) is 16.9. The highest BCUT2D eigenvalue weighted by Crippen LogP contribution is 2.56. The molecule has 0 radical (unpaired) electrons. The van der Waals surface area contributed by atoms with Crippen LogP contribution in [0.4, 0.5) is 17.1 Å². The van der Waals surface area contributed by atoms with Crippen molar-refractivity contribution >= 4 is 17.1 Å². The fourth-order valence-electron chi connectivity index (χ4n) is 7.56. The molecule has 7 aromatic rings. The number of hydrogen-bond acceptors (Lipinski definition) is 1. The van der Waals surface area contributed by atoms with E-state index in [-0.39, 0.29) is 5.41 Å². The van der Waals surface area contributed by atoms with Gasteiger partial charge in [-0.05, 0) is 91.9 Å². The highest BCUT2D eigenvalue weighted by atomic mass is 15.1. The molecule has 1 heteroatoms. The van der Waals surface area contributed by atoms with Crippen molar-refractivity contribution in [2.75, 3.05) is 4.90 Å². The van der Waals surface area contributed by atoms with Crippen LogP contribution in [0.15, 0.2) is 182 Å². The largest absolute Gasteiger partial charge is 0.311 e. The van der Waals surface area contributed by atoms with Crippen molar-refractivity contribution in [2.45, 2.75) is 31.6 Å². The van der Waals surface area contributed by atoms with Crippen LogP contribution in [0.25, 0.3) is 22.3 Å². The Morgan fingerprint density at radius 1 is 0.375 bits per heavy atom. The molecule has 0 fully saturated rings. The summed E-state index contributed by atoms with van der Waals surface area (Å²) in [5.41, 5.74) is 14.7. The van der Waals surface area contributed by atoms with Crippen molar-refractivity contribution < 1.29 is 0 Å². The molecule has 8 rings (SSSR count). The van der Waals surface area contributed by atoms with Gasteiger partial charge in [-0.15, -0.1) is 0 Å². The van der Waals surface area contributed by atoms with Crippen molar-refractivity contribution in [3.63, 3.8) is 0 Å². The zero-order valence-electron chi connectivity index (χ0n) is 27.8. The monoisotopic (exact) mass is 617 g/mol. The van der Waals surface area contributed by atoms with Crippen molar-refractivity contribution in [2.24, 2.45) is 0 Å². The molecule has 0 aromatic heterocycles. The van der Waals surface area contributed by atoms with Crippen molar-refractivity contribution in [3.05, 3.63) is 210 Å². The van der Waals surface area contributed by atoms with Crippen molar-refractivity contribution in [1.82, 2.24) is 0 Å². The minimum atomic E-state index is -0.408. The molecule has 0 aliphatic heterocycles. The smallest absolute Gasteiger partial charge is 0.0713 e. The van der Waals surface area contributed by atoms with Crippen LogP contribution in [-0.4, -0.2) is 0 Å². The van der Waals surface area contributed by atoms with Gasteiger partial charge in [0.25, 0.3) is 0 Å². The summed E-state index contributed by atoms with van der Waals surface area (Å²) in [7, 11) is 0. The van der Waals surface area contributed by atoms with E-state index in [0.29, 0.717) is 0 Å². The van der Waals surface area contributed by atoms with E-state index in [2.05, 4.69) is 208 Å². The highest BCUT2D eigenvalue weighted by molar-refractivity contribution is 5.87. The fourth-order valence-corrected chi connectivity index (χ4v) is 7.56. The molecule has 0 bridgehead atoms. The standard InChI is InChI=1S/C47H39N/c1-46(2,3)36-26-22-34(23-27-36)35-24-30-40(31-25-35)48(39-16-8-5-9-17-39)41-32-28-38(29-33-41)47(37-14-6-4-7-15-37)44-20-12-10-18-42(44)43-19-11-13-21-45(43)47/h4-33H,1-3H3. The van der Waals surface area contributed by atoms with Gasteiger partial charge in [-0.25, -0.2) is 0 Å². The van der Waals surface area contributed by atoms with Crippen molar-refractivity contribution in [1.29, 1.82) is 0 Å². The first-order chi connectivity index (χ1) is 23.4. The number of para-hydroxylation sites is 1. The first-order valence-electron chi connectivity index (χ1n) is 16.9.